The summed E-state index contributed by atoms with van der Waals surface area (Å²) in [6.07, 6.45) is -0.681. The number of thiophene rings is 1. The molecule has 0 spiro atoms. The number of hydrogen-bond donors (Lipinski definition) is 1. The van der Waals surface area contributed by atoms with Gasteiger partial charge in [-0.1, -0.05) is 20.8 Å². The first-order valence-corrected chi connectivity index (χ1v) is 8.74. The fraction of sp³-hybridized carbons (Fsp3) is 0.529. The minimum atomic E-state index is -0.681. The van der Waals surface area contributed by atoms with Crippen LogP contribution in [0.5, 0.6) is 0 Å². The second-order valence-electron chi connectivity index (χ2n) is 6.90. The molecule has 1 N–H and O–H groups in total. The largest absolute Gasteiger partial charge is 0.449 e. The van der Waals surface area contributed by atoms with Crippen molar-refractivity contribution in [1.82, 2.24) is 10.2 Å². The van der Waals surface area contributed by atoms with Crippen molar-refractivity contribution in [1.29, 1.82) is 0 Å². The highest BCUT2D eigenvalue weighted by Crippen LogP contribution is 2.35. The number of hydrogen-bond acceptors (Lipinski definition) is 7. The van der Waals surface area contributed by atoms with E-state index in [1.165, 1.54) is 11.3 Å². The van der Waals surface area contributed by atoms with Crippen molar-refractivity contribution in [3.8, 4) is 0 Å². The van der Waals surface area contributed by atoms with E-state index in [0.717, 1.165) is 10.4 Å². The molecule has 136 valence electrons. The maximum Gasteiger partial charge on any atom is 0.342 e. The molecule has 0 radical (unpaired) electrons. The van der Waals surface area contributed by atoms with Crippen molar-refractivity contribution in [2.45, 2.75) is 54.6 Å². The van der Waals surface area contributed by atoms with Crippen molar-refractivity contribution < 1.29 is 18.7 Å². The Bertz CT molecular complexity index is 801. The molecule has 0 aliphatic rings. The molecule has 1 amide bonds. The summed E-state index contributed by atoms with van der Waals surface area (Å²) in [6.45, 7) is 12.5. The van der Waals surface area contributed by atoms with E-state index >= 15 is 0 Å². The zero-order chi connectivity index (χ0) is 18.9. The Hall–Kier alpha value is -2.22. The Kier molecular flexibility index (Phi) is 5.31. The number of carbonyl (C=O) groups excluding carboxylic acids is 2. The number of amides is 1. The standard InChI is InChI=1S/C17H23N3O4S/c1-8-10(3)25-14(18-16(22)17(5,6)7)12(8)15(21)23-9(2)13-20-19-11(4)24-13/h9H,1-7H3,(H,18,22). The van der Waals surface area contributed by atoms with Gasteiger partial charge in [-0.25, -0.2) is 4.79 Å². The van der Waals surface area contributed by atoms with E-state index in [2.05, 4.69) is 15.5 Å². The molecule has 1 atom stereocenters. The van der Waals surface area contributed by atoms with Gasteiger partial charge in [0.1, 0.15) is 5.00 Å². The van der Waals surface area contributed by atoms with Gasteiger partial charge in [0.2, 0.25) is 11.8 Å². The summed E-state index contributed by atoms with van der Waals surface area (Å²) >= 11 is 1.36. The van der Waals surface area contributed by atoms with Crippen LogP contribution in [-0.2, 0) is 9.53 Å². The van der Waals surface area contributed by atoms with Gasteiger partial charge in [0, 0.05) is 17.2 Å². The van der Waals surface area contributed by atoms with Crippen LogP contribution in [0.25, 0.3) is 0 Å². The van der Waals surface area contributed by atoms with Crippen molar-refractivity contribution in [2.75, 3.05) is 5.32 Å². The fourth-order valence-electron chi connectivity index (χ4n) is 2.00. The molecule has 7 nitrogen and oxygen atoms in total. The normalized spacial score (nSPS) is 12.8. The smallest absolute Gasteiger partial charge is 0.342 e. The van der Waals surface area contributed by atoms with Gasteiger partial charge >= 0.3 is 5.97 Å². The van der Waals surface area contributed by atoms with Gasteiger partial charge in [-0.2, -0.15) is 0 Å². The fourth-order valence-corrected chi connectivity index (χ4v) is 3.04. The number of rotatable bonds is 4. The molecule has 0 saturated heterocycles. The second-order valence-corrected chi connectivity index (χ2v) is 8.12. The Balaban J connectivity index is 2.25. The van der Waals surface area contributed by atoms with Gasteiger partial charge in [-0.15, -0.1) is 21.5 Å². The van der Waals surface area contributed by atoms with E-state index in [1.807, 2.05) is 34.6 Å². The van der Waals surface area contributed by atoms with Gasteiger partial charge in [-0.3, -0.25) is 4.79 Å². The maximum atomic E-state index is 12.7. The van der Waals surface area contributed by atoms with Crippen LogP contribution in [0.2, 0.25) is 0 Å². The molecular weight excluding hydrogens is 342 g/mol. The van der Waals surface area contributed by atoms with Crippen molar-refractivity contribution in [3.05, 3.63) is 27.8 Å². The summed E-state index contributed by atoms with van der Waals surface area (Å²) in [5, 5.41) is 10.9. The molecule has 0 saturated carbocycles. The van der Waals surface area contributed by atoms with Crippen LogP contribution < -0.4 is 5.32 Å². The topological polar surface area (TPSA) is 94.3 Å². The number of ether oxygens (including phenoxy) is 1. The van der Waals surface area contributed by atoms with Crippen LogP contribution >= 0.6 is 11.3 Å². The van der Waals surface area contributed by atoms with Gasteiger partial charge in [0.05, 0.1) is 5.56 Å². The van der Waals surface area contributed by atoms with Gasteiger partial charge in [-0.05, 0) is 26.3 Å². The first-order chi connectivity index (χ1) is 11.5. The van der Waals surface area contributed by atoms with E-state index in [0.29, 0.717) is 16.5 Å². The lowest BCUT2D eigenvalue weighted by atomic mass is 9.96. The number of carbonyl (C=O) groups is 2. The van der Waals surface area contributed by atoms with Crippen molar-refractivity contribution in [2.24, 2.45) is 5.41 Å². The van der Waals surface area contributed by atoms with E-state index < -0.39 is 17.5 Å². The molecule has 0 aliphatic carbocycles. The van der Waals surface area contributed by atoms with Crippen molar-refractivity contribution in [3.63, 3.8) is 0 Å². The quantitative estimate of drug-likeness (QED) is 0.824. The summed E-state index contributed by atoms with van der Waals surface area (Å²) < 4.78 is 10.7. The van der Waals surface area contributed by atoms with E-state index in [4.69, 9.17) is 9.15 Å². The molecule has 25 heavy (non-hydrogen) atoms. The predicted molar refractivity (Wildman–Crippen MR) is 94.7 cm³/mol. The Morgan fingerprint density at radius 2 is 1.84 bits per heavy atom. The number of nitrogens with one attached hydrogen (secondary N) is 1. The summed E-state index contributed by atoms with van der Waals surface area (Å²) in [6, 6.07) is 0. The van der Waals surface area contributed by atoms with E-state index in [9.17, 15) is 9.59 Å². The second kappa shape index (κ2) is 6.95. The first kappa shape index (κ1) is 19.1. The van der Waals surface area contributed by atoms with E-state index in [-0.39, 0.29) is 11.8 Å². The summed E-state index contributed by atoms with van der Waals surface area (Å²) in [4.78, 5) is 25.9. The molecule has 0 bridgehead atoms. The summed E-state index contributed by atoms with van der Waals surface area (Å²) in [5.41, 5.74) is 0.581. The molecule has 0 fully saturated rings. The predicted octanol–water partition coefficient (Wildman–Crippen LogP) is 3.96. The average Bonchev–Trinajstić information content (AvgIpc) is 3.03. The Morgan fingerprint density at radius 1 is 1.20 bits per heavy atom. The molecule has 1 unspecified atom stereocenters. The van der Waals surface area contributed by atoms with Crippen LogP contribution in [-0.4, -0.2) is 22.1 Å². The Morgan fingerprint density at radius 3 is 2.36 bits per heavy atom. The Labute approximate surface area is 150 Å². The molecular formula is C17H23N3O4S. The van der Waals surface area contributed by atoms with Gasteiger partial charge in [0.15, 0.2) is 6.10 Å². The first-order valence-electron chi connectivity index (χ1n) is 7.93. The van der Waals surface area contributed by atoms with Gasteiger partial charge < -0.3 is 14.5 Å². The average molecular weight is 365 g/mol. The molecule has 8 heteroatoms. The summed E-state index contributed by atoms with van der Waals surface area (Å²) in [5.74, 6) is -0.0629. The third kappa shape index (κ3) is 4.25. The van der Waals surface area contributed by atoms with Crippen LogP contribution in [0.4, 0.5) is 5.00 Å². The highest BCUT2D eigenvalue weighted by atomic mass is 32.1. The zero-order valence-electron chi connectivity index (χ0n) is 15.5. The number of nitrogens with zero attached hydrogens (tertiary/aromatic N) is 2. The lowest BCUT2D eigenvalue weighted by Gasteiger charge is -2.18. The maximum absolute atomic E-state index is 12.7. The van der Waals surface area contributed by atoms with E-state index in [1.54, 1.807) is 13.8 Å². The number of esters is 1. The molecule has 2 rings (SSSR count). The lowest BCUT2D eigenvalue weighted by Crippen LogP contribution is -2.28. The van der Waals surface area contributed by atoms with Crippen molar-refractivity contribution >= 4 is 28.2 Å². The number of aromatic nitrogens is 2. The minimum Gasteiger partial charge on any atom is -0.449 e. The molecule has 0 aliphatic heterocycles. The molecule has 2 aromatic rings. The highest BCUT2D eigenvalue weighted by Gasteiger charge is 2.28. The molecule has 2 aromatic heterocycles. The van der Waals surface area contributed by atoms with Crippen LogP contribution in [0.3, 0.4) is 0 Å². The van der Waals surface area contributed by atoms with Crippen LogP contribution in [0.15, 0.2) is 4.42 Å². The zero-order valence-corrected chi connectivity index (χ0v) is 16.3. The third-order valence-corrected chi connectivity index (χ3v) is 4.79. The van der Waals surface area contributed by atoms with Crippen LogP contribution in [0.1, 0.15) is 66.4 Å². The number of aryl methyl sites for hydroxylation is 2. The molecule has 2 heterocycles. The minimum absolute atomic E-state index is 0.164. The lowest BCUT2D eigenvalue weighted by molar-refractivity contribution is -0.123. The number of anilines is 1. The highest BCUT2D eigenvalue weighted by molar-refractivity contribution is 7.16. The molecule has 0 aromatic carbocycles. The third-order valence-electron chi connectivity index (χ3n) is 3.67. The van der Waals surface area contributed by atoms with Crippen LogP contribution in [0, 0.1) is 26.2 Å². The van der Waals surface area contributed by atoms with Gasteiger partial charge in [0.25, 0.3) is 5.89 Å². The SMILES string of the molecule is Cc1nnc(C(C)OC(=O)c2c(NC(=O)C(C)(C)C)sc(C)c2C)o1. The summed E-state index contributed by atoms with van der Waals surface area (Å²) in [7, 11) is 0. The monoisotopic (exact) mass is 365 g/mol.